The molecule has 2 rings (SSSR count). The van der Waals surface area contributed by atoms with E-state index < -0.39 is 35.8 Å². The minimum absolute atomic E-state index is 0.0336. The van der Waals surface area contributed by atoms with Crippen LogP contribution in [0.1, 0.15) is 10.4 Å². The van der Waals surface area contributed by atoms with Crippen LogP contribution in [0.3, 0.4) is 0 Å². The van der Waals surface area contributed by atoms with E-state index in [1.54, 1.807) is 0 Å². The van der Waals surface area contributed by atoms with Gasteiger partial charge in [0, 0.05) is 26.2 Å². The predicted molar refractivity (Wildman–Crippen MR) is 72.5 cm³/mol. The van der Waals surface area contributed by atoms with E-state index >= 15 is 0 Å². The highest BCUT2D eigenvalue weighted by molar-refractivity contribution is 9.10. The maximum Gasteiger partial charge on any atom is 0.401 e. The van der Waals surface area contributed by atoms with E-state index in [1.165, 1.54) is 9.80 Å². The first-order valence-corrected chi connectivity index (χ1v) is 7.19. The molecule has 0 unspecified atom stereocenters. The Bertz CT molecular complexity index is 570. The van der Waals surface area contributed by atoms with Crippen molar-refractivity contribution in [2.24, 2.45) is 0 Å². The molecular weight excluding hydrogens is 375 g/mol. The van der Waals surface area contributed by atoms with Gasteiger partial charge in [0.15, 0.2) is 0 Å². The summed E-state index contributed by atoms with van der Waals surface area (Å²) in [5.74, 6) is -2.38. The molecule has 1 saturated heterocycles. The van der Waals surface area contributed by atoms with Crippen molar-refractivity contribution < 1.29 is 26.7 Å². The summed E-state index contributed by atoms with van der Waals surface area (Å²) in [5, 5.41) is 0. The lowest BCUT2D eigenvalue weighted by molar-refractivity contribution is -0.148. The molecule has 1 aliphatic rings. The maximum atomic E-state index is 13.7. The quantitative estimate of drug-likeness (QED) is 0.576. The van der Waals surface area contributed by atoms with E-state index in [1.807, 2.05) is 0 Å². The van der Waals surface area contributed by atoms with Crippen molar-refractivity contribution in [2.75, 3.05) is 32.7 Å². The molecule has 22 heavy (non-hydrogen) atoms. The van der Waals surface area contributed by atoms with Gasteiger partial charge in [-0.05, 0) is 28.1 Å². The Labute approximate surface area is 131 Å². The Morgan fingerprint density at radius 2 is 1.68 bits per heavy atom. The van der Waals surface area contributed by atoms with Gasteiger partial charge in [0.1, 0.15) is 11.6 Å². The summed E-state index contributed by atoms with van der Waals surface area (Å²) in [7, 11) is 0. The second-order valence-electron chi connectivity index (χ2n) is 4.93. The summed E-state index contributed by atoms with van der Waals surface area (Å²) in [6.45, 7) is -0.911. The number of piperazine rings is 1. The first kappa shape index (κ1) is 17.1. The van der Waals surface area contributed by atoms with E-state index in [4.69, 9.17) is 0 Å². The molecule has 122 valence electrons. The van der Waals surface area contributed by atoms with Crippen LogP contribution in [0.25, 0.3) is 0 Å². The number of amides is 1. The fourth-order valence-corrected chi connectivity index (χ4v) is 2.53. The lowest BCUT2D eigenvalue weighted by atomic mass is 10.1. The van der Waals surface area contributed by atoms with Gasteiger partial charge in [0.25, 0.3) is 5.91 Å². The number of nitrogens with zero attached hydrogens (tertiary/aromatic N) is 2. The number of benzene rings is 1. The molecule has 1 amide bonds. The third-order valence-electron chi connectivity index (χ3n) is 3.30. The van der Waals surface area contributed by atoms with Crippen LogP contribution in [0.4, 0.5) is 22.0 Å². The molecule has 0 aromatic heterocycles. The average molecular weight is 387 g/mol. The first-order valence-electron chi connectivity index (χ1n) is 6.40. The summed E-state index contributed by atoms with van der Waals surface area (Å²) in [4.78, 5) is 14.5. The molecule has 1 aromatic rings. The molecule has 0 N–H and O–H groups in total. The van der Waals surface area contributed by atoms with Gasteiger partial charge in [0.2, 0.25) is 0 Å². The first-order chi connectivity index (χ1) is 10.2. The smallest absolute Gasteiger partial charge is 0.336 e. The van der Waals surface area contributed by atoms with Crippen LogP contribution in [0.2, 0.25) is 0 Å². The lowest BCUT2D eigenvalue weighted by Crippen LogP contribution is -2.51. The van der Waals surface area contributed by atoms with Gasteiger partial charge in [0.05, 0.1) is 16.6 Å². The Balaban J connectivity index is 2.03. The number of hydrogen-bond donors (Lipinski definition) is 0. The van der Waals surface area contributed by atoms with E-state index in [-0.39, 0.29) is 30.7 Å². The van der Waals surface area contributed by atoms with Crippen LogP contribution >= 0.6 is 15.9 Å². The lowest BCUT2D eigenvalue weighted by Gasteiger charge is -2.35. The van der Waals surface area contributed by atoms with Gasteiger partial charge in [-0.1, -0.05) is 0 Å². The SMILES string of the molecule is O=C(c1cc(F)c(Br)cc1F)N1CCN(CC(F)(F)F)CC1. The molecule has 3 nitrogen and oxygen atoms in total. The summed E-state index contributed by atoms with van der Waals surface area (Å²) in [6, 6.07) is 1.63. The maximum absolute atomic E-state index is 13.7. The van der Waals surface area contributed by atoms with Gasteiger partial charge >= 0.3 is 6.18 Å². The molecule has 0 spiro atoms. The van der Waals surface area contributed by atoms with E-state index in [9.17, 15) is 26.7 Å². The Morgan fingerprint density at radius 1 is 1.09 bits per heavy atom. The molecule has 1 aromatic carbocycles. The summed E-state index contributed by atoms with van der Waals surface area (Å²) >= 11 is 2.81. The normalized spacial score (nSPS) is 16.9. The van der Waals surface area contributed by atoms with Gasteiger partial charge in [-0.25, -0.2) is 8.78 Å². The highest BCUT2D eigenvalue weighted by Gasteiger charge is 2.33. The zero-order chi connectivity index (χ0) is 16.5. The van der Waals surface area contributed by atoms with Crippen molar-refractivity contribution in [2.45, 2.75) is 6.18 Å². The second-order valence-corrected chi connectivity index (χ2v) is 5.78. The molecule has 0 bridgehead atoms. The minimum atomic E-state index is -4.30. The largest absolute Gasteiger partial charge is 0.401 e. The fraction of sp³-hybridized carbons (Fsp3) is 0.462. The molecular formula is C13H12BrF5N2O. The highest BCUT2D eigenvalue weighted by atomic mass is 79.9. The molecule has 1 heterocycles. The third-order valence-corrected chi connectivity index (χ3v) is 3.91. The van der Waals surface area contributed by atoms with Gasteiger partial charge in [-0.3, -0.25) is 9.69 Å². The van der Waals surface area contributed by atoms with Crippen molar-refractivity contribution in [3.05, 3.63) is 33.8 Å². The van der Waals surface area contributed by atoms with Gasteiger partial charge < -0.3 is 4.90 Å². The molecule has 1 fully saturated rings. The zero-order valence-electron chi connectivity index (χ0n) is 11.3. The molecule has 0 atom stereocenters. The molecule has 0 aliphatic carbocycles. The van der Waals surface area contributed by atoms with E-state index in [0.717, 1.165) is 12.1 Å². The van der Waals surface area contributed by atoms with Crippen molar-refractivity contribution in [1.29, 1.82) is 0 Å². The van der Waals surface area contributed by atoms with Gasteiger partial charge in [-0.15, -0.1) is 0 Å². The van der Waals surface area contributed by atoms with E-state index in [0.29, 0.717) is 0 Å². The summed E-state index contributed by atoms with van der Waals surface area (Å²) in [6.07, 6.45) is -4.30. The van der Waals surface area contributed by atoms with Gasteiger partial charge in [-0.2, -0.15) is 13.2 Å². The van der Waals surface area contributed by atoms with Crippen LogP contribution in [0.15, 0.2) is 16.6 Å². The van der Waals surface area contributed by atoms with Crippen LogP contribution < -0.4 is 0 Å². The second kappa shape index (κ2) is 6.49. The molecule has 9 heteroatoms. The van der Waals surface area contributed by atoms with E-state index in [2.05, 4.69) is 15.9 Å². The van der Waals surface area contributed by atoms with Crippen molar-refractivity contribution in [3.8, 4) is 0 Å². The number of halogens is 6. The summed E-state index contributed by atoms with van der Waals surface area (Å²) < 4.78 is 63.9. The Kier molecular flexibility index (Phi) is 5.06. The third kappa shape index (κ3) is 4.16. The highest BCUT2D eigenvalue weighted by Crippen LogP contribution is 2.22. The average Bonchev–Trinajstić information content (AvgIpc) is 2.41. The monoisotopic (exact) mass is 386 g/mol. The minimum Gasteiger partial charge on any atom is -0.336 e. The van der Waals surface area contributed by atoms with Crippen molar-refractivity contribution >= 4 is 21.8 Å². The Morgan fingerprint density at radius 3 is 2.23 bits per heavy atom. The number of carbonyl (C=O) groups is 1. The predicted octanol–water partition coefficient (Wildman–Crippen LogP) is 3.05. The number of rotatable bonds is 2. The summed E-state index contributed by atoms with van der Waals surface area (Å²) in [5.41, 5.74) is -0.426. The van der Waals surface area contributed by atoms with Crippen LogP contribution in [-0.4, -0.2) is 54.6 Å². The van der Waals surface area contributed by atoms with Crippen LogP contribution in [0, 0.1) is 11.6 Å². The molecule has 0 radical (unpaired) electrons. The van der Waals surface area contributed by atoms with Crippen molar-refractivity contribution in [1.82, 2.24) is 9.80 Å². The Hall–Kier alpha value is -1.22. The number of carbonyl (C=O) groups excluding carboxylic acids is 1. The van der Waals surface area contributed by atoms with Crippen LogP contribution in [0.5, 0.6) is 0 Å². The van der Waals surface area contributed by atoms with Crippen molar-refractivity contribution in [3.63, 3.8) is 0 Å². The molecule has 0 saturated carbocycles. The number of hydrogen-bond acceptors (Lipinski definition) is 2. The number of alkyl halides is 3. The zero-order valence-corrected chi connectivity index (χ0v) is 12.8. The fourth-order valence-electron chi connectivity index (χ4n) is 2.22. The molecule has 1 aliphatic heterocycles. The van der Waals surface area contributed by atoms with Crippen LogP contribution in [-0.2, 0) is 0 Å². The topological polar surface area (TPSA) is 23.6 Å². The standard InChI is InChI=1S/C13H12BrF5N2O/c14-9-6-10(15)8(5-11(9)16)12(22)21-3-1-20(2-4-21)7-13(17,18)19/h5-6H,1-4,7H2.